The van der Waals surface area contributed by atoms with Gasteiger partial charge in [0, 0.05) is 30.9 Å². The van der Waals surface area contributed by atoms with Crippen LogP contribution >= 0.6 is 0 Å². The number of aliphatic hydroxyl groups excluding tert-OH is 2. The Balaban J connectivity index is 1.48. The van der Waals surface area contributed by atoms with Gasteiger partial charge in [0.1, 0.15) is 24.3 Å². The molecule has 2 amide bonds. The Labute approximate surface area is 222 Å². The number of aromatic nitrogens is 2. The molecule has 1 aromatic carbocycles. The van der Waals surface area contributed by atoms with Gasteiger partial charge in [-0.2, -0.15) is 13.2 Å². The van der Waals surface area contributed by atoms with Crippen molar-refractivity contribution in [3.8, 4) is 17.0 Å². The highest BCUT2D eigenvalue weighted by Crippen LogP contribution is 2.41. The van der Waals surface area contributed by atoms with Gasteiger partial charge in [0.25, 0.3) is 0 Å². The van der Waals surface area contributed by atoms with Crippen LogP contribution in [0.2, 0.25) is 0 Å². The maximum Gasteiger partial charge on any atom is 0.416 e. The van der Waals surface area contributed by atoms with Crippen LogP contribution in [0.3, 0.4) is 0 Å². The van der Waals surface area contributed by atoms with Gasteiger partial charge in [-0.3, -0.25) is 10.2 Å². The summed E-state index contributed by atoms with van der Waals surface area (Å²) in [7, 11) is 0. The normalized spacial score (nSPS) is 17.4. The van der Waals surface area contributed by atoms with Crippen molar-refractivity contribution in [3.63, 3.8) is 0 Å². The number of nitrogens with one attached hydrogen (secondary N) is 1. The number of fused-ring (bicyclic) bond motifs is 4. The molecule has 1 fully saturated rings. The minimum absolute atomic E-state index is 0.132. The molecule has 1 saturated heterocycles. The van der Waals surface area contributed by atoms with Crippen LogP contribution in [0.15, 0.2) is 48.7 Å². The summed E-state index contributed by atoms with van der Waals surface area (Å²) in [5.74, 6) is 0.928. The fourth-order valence-electron chi connectivity index (χ4n) is 4.94. The summed E-state index contributed by atoms with van der Waals surface area (Å²) >= 11 is 0. The molecule has 3 N–H and O–H groups in total. The van der Waals surface area contributed by atoms with Gasteiger partial charge in [-0.25, -0.2) is 14.8 Å². The second-order valence-electron chi connectivity index (χ2n) is 9.64. The van der Waals surface area contributed by atoms with Crippen molar-refractivity contribution in [1.82, 2.24) is 9.97 Å². The van der Waals surface area contributed by atoms with E-state index in [1.165, 1.54) is 18.3 Å². The average Bonchev–Trinajstić information content (AvgIpc) is 2.92. The van der Waals surface area contributed by atoms with Crippen molar-refractivity contribution in [2.24, 2.45) is 0 Å². The lowest BCUT2D eigenvalue weighted by Crippen LogP contribution is -2.56. The molecule has 0 spiro atoms. The number of pyridine rings is 2. The molecule has 2 bridgehead atoms. The molecule has 2 aliphatic heterocycles. The number of aryl methyl sites for hydroxylation is 1. The summed E-state index contributed by atoms with van der Waals surface area (Å²) < 4.78 is 45.6. The standard InChI is InChI=1S/C27H28F3N5O4/c1-16-10-22-25(33-24(16)17-4-2-5-18(11-17)27(28,29)30)35(19-6-3-9-34(22)13-19)26(38)32-23-12-21(7-8-31-23)39-15-20(37)14-36/h2,4-5,7-8,10-12,19-20,36-37H,3,6,9,13-15H2,1H3,(H,31,32,38)/t19-,20+/m0/s1. The third kappa shape index (κ3) is 5.62. The minimum atomic E-state index is -4.49. The van der Waals surface area contributed by atoms with Gasteiger partial charge < -0.3 is 19.8 Å². The number of hydrogen-bond acceptors (Lipinski definition) is 7. The van der Waals surface area contributed by atoms with Crippen molar-refractivity contribution in [3.05, 3.63) is 59.8 Å². The van der Waals surface area contributed by atoms with E-state index < -0.39 is 30.5 Å². The summed E-state index contributed by atoms with van der Waals surface area (Å²) in [6.07, 6.45) is -2.48. The maximum atomic E-state index is 13.6. The first kappa shape index (κ1) is 26.7. The molecule has 0 aliphatic carbocycles. The number of carbonyl (C=O) groups is 1. The average molecular weight is 544 g/mol. The highest BCUT2D eigenvalue weighted by molar-refractivity contribution is 6.04. The molecule has 5 rings (SSSR count). The summed E-state index contributed by atoms with van der Waals surface area (Å²) in [5, 5.41) is 21.3. The van der Waals surface area contributed by atoms with Crippen LogP contribution in [0.4, 0.5) is 35.3 Å². The summed E-state index contributed by atoms with van der Waals surface area (Å²) in [6.45, 7) is 2.62. The number of alkyl halides is 3. The lowest BCUT2D eigenvalue weighted by Gasteiger charge is -2.46. The fourth-order valence-corrected chi connectivity index (χ4v) is 4.94. The highest BCUT2D eigenvalue weighted by Gasteiger charge is 2.39. The molecule has 4 heterocycles. The van der Waals surface area contributed by atoms with Crippen LogP contribution in [0, 0.1) is 6.92 Å². The zero-order chi connectivity index (χ0) is 27.7. The van der Waals surface area contributed by atoms with E-state index in [2.05, 4.69) is 15.2 Å². The van der Waals surface area contributed by atoms with Crippen LogP contribution in [0.5, 0.6) is 5.75 Å². The Hall–Kier alpha value is -3.90. The molecule has 2 aliphatic rings. The molecule has 3 aromatic rings. The molecule has 9 nitrogen and oxygen atoms in total. The van der Waals surface area contributed by atoms with Crippen molar-refractivity contribution in [1.29, 1.82) is 0 Å². The Bertz CT molecular complexity index is 1370. The predicted octanol–water partition coefficient (Wildman–Crippen LogP) is 4.22. The smallest absolute Gasteiger partial charge is 0.416 e. The van der Waals surface area contributed by atoms with Gasteiger partial charge in [0.15, 0.2) is 5.82 Å². The van der Waals surface area contributed by atoms with Gasteiger partial charge in [-0.15, -0.1) is 0 Å². The number of rotatable bonds is 6. The van der Waals surface area contributed by atoms with Crippen LogP contribution in [0.25, 0.3) is 11.3 Å². The quantitative estimate of drug-likeness (QED) is 0.427. The van der Waals surface area contributed by atoms with E-state index in [1.54, 1.807) is 24.0 Å². The zero-order valence-corrected chi connectivity index (χ0v) is 21.1. The van der Waals surface area contributed by atoms with Crippen LogP contribution in [0.1, 0.15) is 24.0 Å². The Morgan fingerprint density at radius 1 is 1.26 bits per heavy atom. The molecule has 206 valence electrons. The van der Waals surface area contributed by atoms with Crippen molar-refractivity contribution < 1.29 is 32.9 Å². The van der Waals surface area contributed by atoms with Gasteiger partial charge in [0.05, 0.1) is 29.6 Å². The third-order valence-corrected chi connectivity index (χ3v) is 6.81. The number of aliphatic hydroxyl groups is 2. The summed E-state index contributed by atoms with van der Waals surface area (Å²) in [5.41, 5.74) is 1.36. The van der Waals surface area contributed by atoms with E-state index in [9.17, 15) is 23.1 Å². The Kier molecular flexibility index (Phi) is 7.32. The number of piperidine rings is 1. The second kappa shape index (κ2) is 10.7. The second-order valence-corrected chi connectivity index (χ2v) is 9.64. The molecule has 0 saturated carbocycles. The van der Waals surface area contributed by atoms with Gasteiger partial charge in [0.2, 0.25) is 0 Å². The molecular weight excluding hydrogens is 515 g/mol. The van der Waals surface area contributed by atoms with E-state index in [4.69, 9.17) is 14.8 Å². The first-order valence-electron chi connectivity index (χ1n) is 12.6. The van der Waals surface area contributed by atoms with E-state index in [1.807, 2.05) is 6.07 Å². The summed E-state index contributed by atoms with van der Waals surface area (Å²) in [4.78, 5) is 26.3. The van der Waals surface area contributed by atoms with Crippen molar-refractivity contribution in [2.75, 3.05) is 41.4 Å². The van der Waals surface area contributed by atoms with E-state index in [0.29, 0.717) is 34.9 Å². The maximum absolute atomic E-state index is 13.6. The number of hydrogen-bond donors (Lipinski definition) is 3. The number of benzene rings is 1. The Morgan fingerprint density at radius 2 is 2.08 bits per heavy atom. The molecule has 39 heavy (non-hydrogen) atoms. The van der Waals surface area contributed by atoms with Gasteiger partial charge >= 0.3 is 12.2 Å². The predicted molar refractivity (Wildman–Crippen MR) is 139 cm³/mol. The number of halogens is 3. The number of carbonyl (C=O) groups excluding carboxylic acids is 1. The van der Waals surface area contributed by atoms with Crippen LogP contribution in [-0.4, -0.2) is 64.7 Å². The number of anilines is 3. The number of amides is 2. The van der Waals surface area contributed by atoms with Gasteiger partial charge in [-0.05, 0) is 49.6 Å². The number of nitrogens with zero attached hydrogens (tertiary/aromatic N) is 4. The van der Waals surface area contributed by atoms with Crippen molar-refractivity contribution in [2.45, 2.75) is 38.1 Å². The van der Waals surface area contributed by atoms with E-state index >= 15 is 0 Å². The molecule has 2 atom stereocenters. The Morgan fingerprint density at radius 3 is 2.85 bits per heavy atom. The molecular formula is C27H28F3N5O4. The topological polar surface area (TPSA) is 111 Å². The molecule has 0 radical (unpaired) electrons. The lowest BCUT2D eigenvalue weighted by molar-refractivity contribution is -0.137. The van der Waals surface area contributed by atoms with Crippen LogP contribution < -0.4 is 19.9 Å². The lowest BCUT2D eigenvalue weighted by atomic mass is 9.97. The summed E-state index contributed by atoms with van der Waals surface area (Å²) in [6, 6.07) is 9.28. The largest absolute Gasteiger partial charge is 0.491 e. The minimum Gasteiger partial charge on any atom is -0.491 e. The third-order valence-electron chi connectivity index (χ3n) is 6.81. The molecule has 2 aromatic heterocycles. The molecule has 12 heteroatoms. The highest BCUT2D eigenvalue weighted by atomic mass is 19.4. The monoisotopic (exact) mass is 543 g/mol. The zero-order valence-electron chi connectivity index (χ0n) is 21.1. The first-order chi connectivity index (χ1) is 18.6. The van der Waals surface area contributed by atoms with Crippen LogP contribution in [-0.2, 0) is 6.18 Å². The number of urea groups is 1. The van der Waals surface area contributed by atoms with Crippen molar-refractivity contribution >= 4 is 23.4 Å². The van der Waals surface area contributed by atoms with Gasteiger partial charge in [-0.1, -0.05) is 12.1 Å². The van der Waals surface area contributed by atoms with E-state index in [-0.39, 0.29) is 18.5 Å². The first-order valence-corrected chi connectivity index (χ1v) is 12.6. The number of ether oxygens (including phenoxy) is 1. The fraction of sp³-hybridized carbons (Fsp3) is 0.370. The SMILES string of the molecule is Cc1cc2c(nc1-c1cccc(C(F)(F)F)c1)N(C(=O)Nc1cc(OC[C@H](O)CO)ccn1)[C@H]1CCCN2C1. The van der Waals surface area contributed by atoms with E-state index in [0.717, 1.165) is 37.2 Å². The molecule has 0 unspecified atom stereocenters.